The van der Waals surface area contributed by atoms with Crippen LogP contribution >= 0.6 is 0 Å². The molecule has 0 radical (unpaired) electrons. The minimum Gasteiger partial charge on any atom is -0.384 e. The van der Waals surface area contributed by atoms with E-state index in [1.54, 1.807) is 0 Å². The Morgan fingerprint density at radius 1 is 0.938 bits per heavy atom. The van der Waals surface area contributed by atoms with Crippen LogP contribution in [0, 0.1) is 0 Å². The number of ether oxygens (including phenoxy) is 2. The number of pyridine rings is 1. The third-order valence-corrected chi connectivity index (χ3v) is 5.82. The number of nitrogens with two attached hydrogens (primary N) is 1. The van der Waals surface area contributed by atoms with Crippen LogP contribution < -0.4 is 15.5 Å². The molecular weight excluding hydrogens is 420 g/mol. The molecule has 2 aliphatic heterocycles. The van der Waals surface area contributed by atoms with Gasteiger partial charge in [-0.25, -0.2) is 13.8 Å². The second-order valence-electron chi connectivity index (χ2n) is 9.29. The second kappa shape index (κ2) is 8.36. The summed E-state index contributed by atoms with van der Waals surface area (Å²) >= 11 is 0. The Morgan fingerprint density at radius 3 is 1.94 bits per heavy atom. The third-order valence-electron chi connectivity index (χ3n) is 5.82. The SMILES string of the molecule is CC1(C)COCCN1c1nc(-c2cnc(N)cc2C(F)F)nc(N2CCOCC2(C)C)n1. The van der Waals surface area contributed by atoms with E-state index in [1.807, 2.05) is 37.5 Å². The Morgan fingerprint density at radius 2 is 1.47 bits per heavy atom. The van der Waals surface area contributed by atoms with Crippen molar-refractivity contribution in [3.8, 4) is 11.4 Å². The molecule has 4 rings (SSSR count). The predicted octanol–water partition coefficient (Wildman–Crippen LogP) is 2.68. The zero-order valence-electron chi connectivity index (χ0n) is 18.8. The molecule has 0 spiro atoms. The van der Waals surface area contributed by atoms with Gasteiger partial charge in [-0.3, -0.25) is 0 Å². The number of morpholine rings is 2. The average molecular weight is 450 g/mol. The van der Waals surface area contributed by atoms with Crippen molar-refractivity contribution in [2.24, 2.45) is 0 Å². The molecular formula is C21H29F2N7O2. The topological polar surface area (TPSA) is 103 Å². The molecule has 0 bridgehead atoms. The number of anilines is 3. The largest absolute Gasteiger partial charge is 0.384 e. The predicted molar refractivity (Wildman–Crippen MR) is 117 cm³/mol. The lowest BCUT2D eigenvalue weighted by Gasteiger charge is -2.44. The van der Waals surface area contributed by atoms with Gasteiger partial charge in [-0.2, -0.15) is 15.0 Å². The van der Waals surface area contributed by atoms with Gasteiger partial charge in [0.15, 0.2) is 5.82 Å². The molecule has 0 aromatic carbocycles. The molecule has 9 nitrogen and oxygen atoms in total. The number of nitrogen functional groups attached to an aromatic ring is 1. The van der Waals surface area contributed by atoms with Crippen LogP contribution in [0.2, 0.25) is 0 Å². The lowest BCUT2D eigenvalue weighted by molar-refractivity contribution is 0.0619. The Hall–Kier alpha value is -2.66. The molecule has 2 aliphatic rings. The molecule has 2 aromatic heterocycles. The van der Waals surface area contributed by atoms with Crippen LogP contribution in [0.15, 0.2) is 12.3 Å². The Labute approximate surface area is 186 Å². The molecule has 0 atom stereocenters. The maximum Gasteiger partial charge on any atom is 0.264 e. The van der Waals surface area contributed by atoms with Gasteiger partial charge in [-0.15, -0.1) is 0 Å². The molecule has 11 heteroatoms. The van der Waals surface area contributed by atoms with Crippen LogP contribution in [0.1, 0.15) is 39.7 Å². The van der Waals surface area contributed by atoms with Crippen LogP contribution in [0.4, 0.5) is 26.5 Å². The van der Waals surface area contributed by atoms with Gasteiger partial charge in [0.25, 0.3) is 6.43 Å². The summed E-state index contributed by atoms with van der Waals surface area (Å²) in [4.78, 5) is 22.1. The zero-order valence-corrected chi connectivity index (χ0v) is 18.8. The molecule has 0 aliphatic carbocycles. The highest BCUT2D eigenvalue weighted by Gasteiger charge is 2.36. The van der Waals surface area contributed by atoms with E-state index < -0.39 is 6.43 Å². The smallest absolute Gasteiger partial charge is 0.264 e. The number of aromatic nitrogens is 4. The number of rotatable bonds is 4. The van der Waals surface area contributed by atoms with Crippen molar-refractivity contribution in [2.45, 2.75) is 45.2 Å². The van der Waals surface area contributed by atoms with E-state index in [0.717, 1.165) is 0 Å². The number of nitrogens with zero attached hydrogens (tertiary/aromatic N) is 6. The highest BCUT2D eigenvalue weighted by molar-refractivity contribution is 5.64. The molecule has 32 heavy (non-hydrogen) atoms. The second-order valence-corrected chi connectivity index (χ2v) is 9.29. The van der Waals surface area contributed by atoms with Gasteiger partial charge in [0.2, 0.25) is 11.9 Å². The summed E-state index contributed by atoms with van der Waals surface area (Å²) < 4.78 is 38.9. The van der Waals surface area contributed by atoms with Gasteiger partial charge in [-0.05, 0) is 33.8 Å². The first-order chi connectivity index (χ1) is 15.1. The van der Waals surface area contributed by atoms with Crippen LogP contribution in [0.25, 0.3) is 11.4 Å². The lowest BCUT2D eigenvalue weighted by atomic mass is 10.0. The standard InChI is InChI=1S/C21H29F2N7O2/c1-20(2)11-31-7-5-29(20)18-26-17(14-10-25-15(24)9-13(14)16(22)23)27-19(28-18)30-6-8-32-12-21(30,3)4/h9-10,16H,5-8,11-12H2,1-4H3,(H2,24,25). The number of hydrogen-bond donors (Lipinski definition) is 1. The first-order valence-corrected chi connectivity index (χ1v) is 10.6. The summed E-state index contributed by atoms with van der Waals surface area (Å²) in [5.41, 5.74) is 4.79. The van der Waals surface area contributed by atoms with Gasteiger partial charge in [0.05, 0.1) is 37.5 Å². The fraction of sp³-hybridized carbons (Fsp3) is 0.619. The maximum atomic E-state index is 13.8. The van der Waals surface area contributed by atoms with E-state index in [2.05, 4.69) is 15.0 Å². The average Bonchev–Trinajstić information content (AvgIpc) is 2.72. The normalized spacial score (nSPS) is 20.6. The Kier molecular flexibility index (Phi) is 5.89. The highest BCUT2D eigenvalue weighted by Crippen LogP contribution is 2.34. The van der Waals surface area contributed by atoms with E-state index in [0.29, 0.717) is 51.4 Å². The quantitative estimate of drug-likeness (QED) is 0.755. The number of halogens is 2. The Balaban J connectivity index is 1.89. The summed E-state index contributed by atoms with van der Waals surface area (Å²) in [7, 11) is 0. The van der Waals surface area contributed by atoms with E-state index in [-0.39, 0.29) is 33.8 Å². The summed E-state index contributed by atoms with van der Waals surface area (Å²) in [6.45, 7) is 11.3. The van der Waals surface area contributed by atoms with Crippen molar-refractivity contribution in [1.29, 1.82) is 0 Å². The monoisotopic (exact) mass is 449 g/mol. The van der Waals surface area contributed by atoms with Gasteiger partial charge < -0.3 is 25.0 Å². The lowest BCUT2D eigenvalue weighted by Crippen LogP contribution is -2.55. The van der Waals surface area contributed by atoms with Crippen molar-refractivity contribution in [1.82, 2.24) is 19.9 Å². The number of hydrogen-bond acceptors (Lipinski definition) is 9. The van der Waals surface area contributed by atoms with Crippen molar-refractivity contribution < 1.29 is 18.3 Å². The minimum atomic E-state index is -2.75. The van der Waals surface area contributed by atoms with Crippen molar-refractivity contribution >= 4 is 17.7 Å². The summed E-state index contributed by atoms with van der Waals surface area (Å²) in [6.07, 6.45) is -1.45. The summed E-state index contributed by atoms with van der Waals surface area (Å²) in [5, 5.41) is 0. The molecule has 0 amide bonds. The van der Waals surface area contributed by atoms with E-state index in [4.69, 9.17) is 20.2 Å². The first kappa shape index (κ1) is 22.5. The van der Waals surface area contributed by atoms with E-state index in [9.17, 15) is 8.78 Å². The minimum absolute atomic E-state index is 0.0159. The van der Waals surface area contributed by atoms with Crippen LogP contribution in [0.3, 0.4) is 0 Å². The van der Waals surface area contributed by atoms with Crippen LogP contribution in [-0.2, 0) is 9.47 Å². The molecule has 2 saturated heterocycles. The van der Waals surface area contributed by atoms with Crippen LogP contribution in [0.5, 0.6) is 0 Å². The van der Waals surface area contributed by atoms with Crippen molar-refractivity contribution in [3.05, 3.63) is 17.8 Å². The fourth-order valence-corrected chi connectivity index (χ4v) is 4.03. The molecule has 2 fully saturated rings. The van der Waals surface area contributed by atoms with Crippen molar-refractivity contribution in [3.63, 3.8) is 0 Å². The summed E-state index contributed by atoms with van der Waals surface area (Å²) in [6, 6.07) is 1.17. The van der Waals surface area contributed by atoms with E-state index >= 15 is 0 Å². The van der Waals surface area contributed by atoms with Crippen LogP contribution in [-0.4, -0.2) is 70.5 Å². The van der Waals surface area contributed by atoms with Crippen molar-refractivity contribution in [2.75, 3.05) is 55.1 Å². The molecule has 0 unspecified atom stereocenters. The van der Waals surface area contributed by atoms with Gasteiger partial charge in [0.1, 0.15) is 5.82 Å². The molecule has 2 N–H and O–H groups in total. The van der Waals surface area contributed by atoms with Gasteiger partial charge in [0, 0.05) is 30.4 Å². The number of alkyl halides is 2. The van der Waals surface area contributed by atoms with E-state index in [1.165, 1.54) is 12.3 Å². The summed E-state index contributed by atoms with van der Waals surface area (Å²) in [5.74, 6) is 0.981. The maximum absolute atomic E-state index is 13.8. The molecule has 2 aromatic rings. The molecule has 174 valence electrons. The zero-order chi connectivity index (χ0) is 23.1. The fourth-order valence-electron chi connectivity index (χ4n) is 4.03. The molecule has 0 saturated carbocycles. The van der Waals surface area contributed by atoms with Gasteiger partial charge in [-0.1, -0.05) is 0 Å². The molecule has 4 heterocycles. The Bertz CT molecular complexity index is 940. The third kappa shape index (κ3) is 4.31. The first-order valence-electron chi connectivity index (χ1n) is 10.6. The van der Waals surface area contributed by atoms with Gasteiger partial charge >= 0.3 is 0 Å². The highest BCUT2D eigenvalue weighted by atomic mass is 19.3.